The fourth-order valence-corrected chi connectivity index (χ4v) is 1.74. The summed E-state index contributed by atoms with van der Waals surface area (Å²) in [5.74, 6) is -1.78. The van der Waals surface area contributed by atoms with E-state index in [1.807, 2.05) is 6.26 Å². The molecule has 0 saturated heterocycles. The minimum Gasteiger partial charge on any atom is -0.480 e. The Hall–Kier alpha value is -1.63. The van der Waals surface area contributed by atoms with Crippen LogP contribution < -0.4 is 5.32 Å². The zero-order valence-electron chi connectivity index (χ0n) is 9.72. The number of hydrogen-bond acceptors (Lipinski definition) is 4. The molecule has 1 rings (SSSR count). The Morgan fingerprint density at radius 1 is 1.56 bits per heavy atom. The summed E-state index contributed by atoms with van der Waals surface area (Å²) >= 11 is 1.49. The third-order valence-electron chi connectivity index (χ3n) is 2.18. The number of pyridine rings is 1. The predicted octanol–water partition coefficient (Wildman–Crippen LogP) is 1.16. The monoisotopic (exact) mass is 272 g/mol. The number of halogens is 1. The maximum absolute atomic E-state index is 12.9. The molecule has 0 bridgehead atoms. The van der Waals surface area contributed by atoms with Crippen molar-refractivity contribution in [2.24, 2.45) is 0 Å². The van der Waals surface area contributed by atoms with Gasteiger partial charge >= 0.3 is 5.97 Å². The molecule has 1 aromatic heterocycles. The molecule has 1 atom stereocenters. The van der Waals surface area contributed by atoms with Crippen LogP contribution >= 0.6 is 11.8 Å². The largest absolute Gasteiger partial charge is 0.480 e. The number of aromatic nitrogens is 1. The van der Waals surface area contributed by atoms with Gasteiger partial charge in [-0.2, -0.15) is 11.8 Å². The van der Waals surface area contributed by atoms with Gasteiger partial charge in [0.15, 0.2) is 0 Å². The first-order valence-corrected chi connectivity index (χ1v) is 6.57. The number of amides is 1. The van der Waals surface area contributed by atoms with Gasteiger partial charge in [0.05, 0.1) is 11.8 Å². The fraction of sp³-hybridized carbons (Fsp3) is 0.364. The van der Waals surface area contributed by atoms with Crippen LogP contribution in [0.2, 0.25) is 0 Å². The van der Waals surface area contributed by atoms with Crippen LogP contribution in [0.15, 0.2) is 18.5 Å². The Bertz CT molecular complexity index is 442. The Morgan fingerprint density at radius 2 is 2.28 bits per heavy atom. The lowest BCUT2D eigenvalue weighted by Gasteiger charge is -2.13. The minimum atomic E-state index is -1.11. The summed E-state index contributed by atoms with van der Waals surface area (Å²) in [7, 11) is 0. The van der Waals surface area contributed by atoms with Gasteiger partial charge in [-0.15, -0.1) is 0 Å². The molecule has 2 N–H and O–H groups in total. The Labute approximate surface area is 108 Å². The van der Waals surface area contributed by atoms with Crippen molar-refractivity contribution in [1.82, 2.24) is 10.3 Å². The molecule has 18 heavy (non-hydrogen) atoms. The molecule has 98 valence electrons. The van der Waals surface area contributed by atoms with Gasteiger partial charge in [0.2, 0.25) is 0 Å². The maximum Gasteiger partial charge on any atom is 0.326 e. The lowest BCUT2D eigenvalue weighted by molar-refractivity contribution is -0.139. The van der Waals surface area contributed by atoms with Crippen LogP contribution in [0, 0.1) is 5.82 Å². The van der Waals surface area contributed by atoms with Gasteiger partial charge in [0.25, 0.3) is 5.91 Å². The van der Waals surface area contributed by atoms with Gasteiger partial charge in [0, 0.05) is 6.20 Å². The normalized spacial score (nSPS) is 11.9. The molecule has 0 fully saturated rings. The van der Waals surface area contributed by atoms with Crippen LogP contribution in [0.1, 0.15) is 16.8 Å². The zero-order chi connectivity index (χ0) is 13.5. The second-order valence-electron chi connectivity index (χ2n) is 3.54. The van der Waals surface area contributed by atoms with Crippen LogP contribution in [0.5, 0.6) is 0 Å². The molecule has 7 heteroatoms. The average Bonchev–Trinajstić information content (AvgIpc) is 2.33. The molecule has 0 unspecified atom stereocenters. The quantitative estimate of drug-likeness (QED) is 0.812. The Balaban J connectivity index is 2.69. The number of hydrogen-bond donors (Lipinski definition) is 2. The molecular weight excluding hydrogens is 259 g/mol. The topological polar surface area (TPSA) is 79.3 Å². The third kappa shape index (κ3) is 4.33. The predicted molar refractivity (Wildman–Crippen MR) is 66.1 cm³/mol. The van der Waals surface area contributed by atoms with Crippen molar-refractivity contribution in [2.45, 2.75) is 12.5 Å². The smallest absolute Gasteiger partial charge is 0.326 e. The van der Waals surface area contributed by atoms with E-state index in [0.717, 1.165) is 12.3 Å². The molecule has 0 aliphatic carbocycles. The van der Waals surface area contributed by atoms with Gasteiger partial charge in [-0.3, -0.25) is 9.78 Å². The first kappa shape index (κ1) is 14.4. The van der Waals surface area contributed by atoms with E-state index in [9.17, 15) is 14.0 Å². The van der Waals surface area contributed by atoms with Crippen molar-refractivity contribution in [3.05, 3.63) is 29.8 Å². The third-order valence-corrected chi connectivity index (χ3v) is 2.83. The van der Waals surface area contributed by atoms with Crippen LogP contribution in [0.3, 0.4) is 0 Å². The van der Waals surface area contributed by atoms with Crippen molar-refractivity contribution < 1.29 is 19.1 Å². The first-order chi connectivity index (χ1) is 8.54. The van der Waals surface area contributed by atoms with Crippen molar-refractivity contribution in [1.29, 1.82) is 0 Å². The summed E-state index contributed by atoms with van der Waals surface area (Å²) in [6.45, 7) is 0. The van der Waals surface area contributed by atoms with Crippen LogP contribution in [-0.2, 0) is 4.79 Å². The molecular formula is C11H13FN2O3S. The van der Waals surface area contributed by atoms with Crippen LogP contribution in [0.25, 0.3) is 0 Å². The number of nitrogens with zero attached hydrogens (tertiary/aromatic N) is 1. The highest BCUT2D eigenvalue weighted by Crippen LogP contribution is 2.04. The van der Waals surface area contributed by atoms with E-state index in [0.29, 0.717) is 12.2 Å². The van der Waals surface area contributed by atoms with Gasteiger partial charge in [0.1, 0.15) is 11.9 Å². The zero-order valence-corrected chi connectivity index (χ0v) is 10.5. The summed E-state index contributed by atoms with van der Waals surface area (Å²) in [5, 5.41) is 11.3. The highest BCUT2D eigenvalue weighted by Gasteiger charge is 2.20. The van der Waals surface area contributed by atoms with E-state index in [1.54, 1.807) is 0 Å². The van der Waals surface area contributed by atoms with Gasteiger partial charge < -0.3 is 10.4 Å². The summed E-state index contributed by atoms with van der Waals surface area (Å²) < 4.78 is 12.9. The molecule has 1 amide bonds. The summed E-state index contributed by atoms with van der Waals surface area (Å²) in [6, 6.07) is 0.0312. The van der Waals surface area contributed by atoms with Crippen LogP contribution in [0.4, 0.5) is 4.39 Å². The SMILES string of the molecule is CSCC[C@@H](NC(=O)c1cncc(F)c1)C(=O)O. The Kier molecular flexibility index (Phi) is 5.57. The Morgan fingerprint density at radius 3 is 2.83 bits per heavy atom. The first-order valence-electron chi connectivity index (χ1n) is 5.17. The average molecular weight is 272 g/mol. The van der Waals surface area contributed by atoms with Gasteiger partial charge in [-0.1, -0.05) is 0 Å². The number of aliphatic carboxylic acids is 1. The number of thioether (sulfide) groups is 1. The number of carbonyl (C=O) groups excluding carboxylic acids is 1. The standard InChI is InChI=1S/C11H13FN2O3S/c1-18-3-2-9(11(16)17)14-10(15)7-4-8(12)6-13-5-7/h4-6,9H,2-3H2,1H3,(H,14,15)(H,16,17)/t9-/m1/s1. The number of carboxylic acids is 1. The van der Waals surface area contributed by atoms with Gasteiger partial charge in [-0.25, -0.2) is 9.18 Å². The van der Waals surface area contributed by atoms with Gasteiger partial charge in [-0.05, 0) is 24.5 Å². The van der Waals surface area contributed by atoms with Crippen molar-refractivity contribution >= 4 is 23.6 Å². The highest BCUT2D eigenvalue weighted by molar-refractivity contribution is 7.98. The maximum atomic E-state index is 12.9. The summed E-state index contributed by atoms with van der Waals surface area (Å²) in [4.78, 5) is 26.1. The van der Waals surface area contributed by atoms with E-state index in [-0.39, 0.29) is 5.56 Å². The molecule has 0 aromatic carbocycles. The number of rotatable bonds is 6. The van der Waals surface area contributed by atoms with Crippen molar-refractivity contribution in [2.75, 3.05) is 12.0 Å². The van der Waals surface area contributed by atoms with Crippen molar-refractivity contribution in [3.63, 3.8) is 0 Å². The second kappa shape index (κ2) is 6.95. The molecule has 5 nitrogen and oxygen atoms in total. The summed E-state index contributed by atoms with van der Waals surface area (Å²) in [5.41, 5.74) is 0.00500. The minimum absolute atomic E-state index is 0.00500. The molecule has 0 aliphatic rings. The van der Waals surface area contributed by atoms with E-state index < -0.39 is 23.7 Å². The molecule has 1 heterocycles. The fourth-order valence-electron chi connectivity index (χ4n) is 1.27. The van der Waals surface area contributed by atoms with E-state index >= 15 is 0 Å². The number of carbonyl (C=O) groups is 2. The highest BCUT2D eigenvalue weighted by atomic mass is 32.2. The van der Waals surface area contributed by atoms with E-state index in [2.05, 4.69) is 10.3 Å². The molecule has 0 saturated carbocycles. The van der Waals surface area contributed by atoms with E-state index in [1.165, 1.54) is 18.0 Å². The lowest BCUT2D eigenvalue weighted by atomic mass is 10.2. The number of nitrogens with one attached hydrogen (secondary N) is 1. The molecule has 0 radical (unpaired) electrons. The van der Waals surface area contributed by atoms with E-state index in [4.69, 9.17) is 5.11 Å². The second-order valence-corrected chi connectivity index (χ2v) is 4.52. The molecule has 0 aliphatic heterocycles. The lowest BCUT2D eigenvalue weighted by Crippen LogP contribution is -2.41. The van der Waals surface area contributed by atoms with Crippen LogP contribution in [-0.4, -0.2) is 40.0 Å². The molecule has 1 aromatic rings. The van der Waals surface area contributed by atoms with Crippen molar-refractivity contribution in [3.8, 4) is 0 Å². The summed E-state index contributed by atoms with van der Waals surface area (Å²) in [6.07, 6.45) is 4.31. The number of carboxylic acid groups (broad SMARTS) is 1. The molecule has 0 spiro atoms.